The van der Waals surface area contributed by atoms with E-state index in [4.69, 9.17) is 5.11 Å². The fraction of sp³-hybridized carbons (Fsp3) is 0.625. The molecule has 0 spiro atoms. The number of likely N-dealkylation sites (N-methyl/N-ethyl adjacent to an activating group) is 1. The second kappa shape index (κ2) is 6.47. The van der Waals surface area contributed by atoms with Gasteiger partial charge >= 0.3 is 18.1 Å². The molecule has 0 aromatic carbocycles. The van der Waals surface area contributed by atoms with Crippen LogP contribution in [0.25, 0.3) is 0 Å². The van der Waals surface area contributed by atoms with Gasteiger partial charge in [-0.15, -0.1) is 0 Å². The van der Waals surface area contributed by atoms with E-state index in [9.17, 15) is 27.6 Å². The van der Waals surface area contributed by atoms with Gasteiger partial charge in [0.05, 0.1) is 0 Å². The summed E-state index contributed by atoms with van der Waals surface area (Å²) in [7, 11) is 1.09. The maximum absolute atomic E-state index is 12.0. The van der Waals surface area contributed by atoms with Crippen LogP contribution in [0.3, 0.4) is 0 Å². The third-order valence-corrected chi connectivity index (χ3v) is 2.16. The molecule has 0 rings (SSSR count). The first-order valence-corrected chi connectivity index (χ1v) is 5.18. The minimum absolute atomic E-state index is 0.384. The zero-order chi connectivity index (χ0) is 14.5. The van der Waals surface area contributed by atoms with E-state index < -0.39 is 36.5 Å². The fourth-order valence-electron chi connectivity index (χ4n) is 0.972. The summed E-state index contributed by atoms with van der Waals surface area (Å²) in [5.74, 6) is -4.96. The first-order chi connectivity index (χ1) is 8.09. The molecule has 0 aliphatic heterocycles. The van der Waals surface area contributed by atoms with Crippen molar-refractivity contribution in [3.63, 3.8) is 0 Å². The number of hydrogen-bond donors (Lipinski definition) is 3. The molecule has 1 atom stereocenters. The van der Waals surface area contributed by atoms with Gasteiger partial charge in [-0.2, -0.15) is 25.8 Å². The van der Waals surface area contributed by atoms with Gasteiger partial charge in [-0.3, -0.25) is 14.4 Å². The molecule has 2 N–H and O–H groups in total. The summed E-state index contributed by atoms with van der Waals surface area (Å²) in [4.78, 5) is 33.1. The van der Waals surface area contributed by atoms with E-state index in [1.807, 2.05) is 0 Å². The number of thiol groups is 1. The van der Waals surface area contributed by atoms with Gasteiger partial charge in [0.2, 0.25) is 5.91 Å². The van der Waals surface area contributed by atoms with Gasteiger partial charge in [0.1, 0.15) is 12.6 Å². The number of aliphatic carboxylic acids is 1. The Morgan fingerprint density at radius 3 is 2.22 bits per heavy atom. The Kier molecular flexibility index (Phi) is 5.95. The first kappa shape index (κ1) is 16.6. The molecule has 104 valence electrons. The maximum Gasteiger partial charge on any atom is 0.471 e. The van der Waals surface area contributed by atoms with Crippen LogP contribution in [0.2, 0.25) is 0 Å². The van der Waals surface area contributed by atoms with Crippen LogP contribution < -0.4 is 5.32 Å². The van der Waals surface area contributed by atoms with E-state index >= 15 is 0 Å². The molecule has 18 heavy (non-hydrogen) atoms. The quantitative estimate of drug-likeness (QED) is 0.596. The van der Waals surface area contributed by atoms with Gasteiger partial charge in [-0.1, -0.05) is 0 Å². The Labute approximate surface area is 106 Å². The molecule has 0 saturated heterocycles. The number of carbonyl (C=O) groups excluding carboxylic acids is 2. The van der Waals surface area contributed by atoms with Crippen molar-refractivity contribution in [1.29, 1.82) is 0 Å². The Hall–Kier alpha value is -1.45. The van der Waals surface area contributed by atoms with Crippen LogP contribution in [-0.4, -0.2) is 59.4 Å². The molecule has 0 unspecified atom stereocenters. The van der Waals surface area contributed by atoms with Crippen LogP contribution in [0, 0.1) is 0 Å². The molecule has 0 heterocycles. The zero-order valence-electron chi connectivity index (χ0n) is 9.19. The Morgan fingerprint density at radius 2 is 1.89 bits per heavy atom. The third kappa shape index (κ3) is 5.25. The lowest BCUT2D eigenvalue weighted by Crippen LogP contribution is -2.52. The highest BCUT2D eigenvalue weighted by atomic mass is 32.1. The van der Waals surface area contributed by atoms with Crippen LogP contribution in [-0.2, 0) is 14.4 Å². The van der Waals surface area contributed by atoms with Crippen molar-refractivity contribution in [3.05, 3.63) is 0 Å². The summed E-state index contributed by atoms with van der Waals surface area (Å²) in [5, 5.41) is 9.85. The average Bonchev–Trinajstić information content (AvgIpc) is 2.22. The van der Waals surface area contributed by atoms with Crippen LogP contribution in [0.15, 0.2) is 0 Å². The van der Waals surface area contributed by atoms with E-state index in [1.54, 1.807) is 0 Å². The minimum Gasteiger partial charge on any atom is -0.480 e. The summed E-state index contributed by atoms with van der Waals surface area (Å²) >= 11 is 3.63. The molecule has 0 aliphatic carbocycles. The molecule has 2 amide bonds. The van der Waals surface area contributed by atoms with E-state index in [-0.39, 0.29) is 5.75 Å². The normalized spacial score (nSPS) is 12.7. The molecular formula is C8H11F3N2O4S. The number of carbonyl (C=O) groups is 3. The smallest absolute Gasteiger partial charge is 0.471 e. The largest absolute Gasteiger partial charge is 0.480 e. The van der Waals surface area contributed by atoms with E-state index in [1.165, 1.54) is 5.32 Å². The second-order valence-electron chi connectivity index (χ2n) is 3.29. The number of carboxylic acids is 1. The number of halogens is 3. The van der Waals surface area contributed by atoms with E-state index in [2.05, 4.69) is 12.6 Å². The number of alkyl halides is 3. The summed E-state index contributed by atoms with van der Waals surface area (Å²) < 4.78 is 35.9. The summed E-state index contributed by atoms with van der Waals surface area (Å²) in [6, 6.07) is -1.54. The first-order valence-electron chi connectivity index (χ1n) is 4.55. The van der Waals surface area contributed by atoms with Gasteiger partial charge in [0, 0.05) is 12.8 Å². The molecule has 0 bridgehead atoms. The minimum atomic E-state index is -5.12. The number of rotatable bonds is 5. The van der Waals surface area contributed by atoms with Crippen molar-refractivity contribution in [1.82, 2.24) is 10.2 Å². The third-order valence-electron chi connectivity index (χ3n) is 1.79. The topological polar surface area (TPSA) is 86.7 Å². The van der Waals surface area contributed by atoms with E-state index in [0.717, 1.165) is 7.05 Å². The molecule has 0 aliphatic rings. The van der Waals surface area contributed by atoms with Crippen LogP contribution in [0.5, 0.6) is 0 Å². The highest BCUT2D eigenvalue weighted by molar-refractivity contribution is 7.80. The Bertz CT molecular complexity index is 348. The van der Waals surface area contributed by atoms with Crippen LogP contribution in [0.4, 0.5) is 13.2 Å². The SMILES string of the molecule is CN(CC(=O)O)C(=O)[C@H](CS)NC(=O)C(F)(F)F. The summed E-state index contributed by atoms with van der Waals surface area (Å²) in [6.07, 6.45) is -5.12. The van der Waals surface area contributed by atoms with Crippen molar-refractivity contribution in [2.75, 3.05) is 19.3 Å². The van der Waals surface area contributed by atoms with Gasteiger partial charge in [0.15, 0.2) is 0 Å². The van der Waals surface area contributed by atoms with Crippen LogP contribution >= 0.6 is 12.6 Å². The van der Waals surface area contributed by atoms with Crippen LogP contribution in [0.1, 0.15) is 0 Å². The number of nitrogens with zero attached hydrogens (tertiary/aromatic N) is 1. The number of hydrogen-bond acceptors (Lipinski definition) is 4. The number of nitrogens with one attached hydrogen (secondary N) is 1. The maximum atomic E-state index is 12.0. The molecule has 0 fully saturated rings. The monoisotopic (exact) mass is 288 g/mol. The summed E-state index contributed by atoms with van der Waals surface area (Å²) in [5.41, 5.74) is 0. The lowest BCUT2D eigenvalue weighted by atomic mass is 10.3. The Morgan fingerprint density at radius 1 is 1.39 bits per heavy atom. The molecular weight excluding hydrogens is 277 g/mol. The molecule has 0 aromatic heterocycles. The number of amides is 2. The van der Waals surface area contributed by atoms with Crippen molar-refractivity contribution in [2.45, 2.75) is 12.2 Å². The van der Waals surface area contributed by atoms with Crippen molar-refractivity contribution in [3.8, 4) is 0 Å². The van der Waals surface area contributed by atoms with Crippen molar-refractivity contribution in [2.24, 2.45) is 0 Å². The van der Waals surface area contributed by atoms with Crippen molar-refractivity contribution < 1.29 is 32.7 Å². The molecule has 10 heteroatoms. The highest BCUT2D eigenvalue weighted by Gasteiger charge is 2.40. The lowest BCUT2D eigenvalue weighted by molar-refractivity contribution is -0.174. The predicted octanol–water partition coefficient (Wildman–Crippen LogP) is -0.494. The second-order valence-corrected chi connectivity index (χ2v) is 3.66. The van der Waals surface area contributed by atoms with Gasteiger partial charge < -0.3 is 15.3 Å². The van der Waals surface area contributed by atoms with Crippen molar-refractivity contribution >= 4 is 30.4 Å². The molecule has 6 nitrogen and oxygen atoms in total. The van der Waals surface area contributed by atoms with E-state index in [0.29, 0.717) is 4.90 Å². The van der Waals surface area contributed by atoms with Gasteiger partial charge in [-0.05, 0) is 0 Å². The zero-order valence-corrected chi connectivity index (χ0v) is 10.1. The predicted molar refractivity (Wildman–Crippen MR) is 57.1 cm³/mol. The van der Waals surface area contributed by atoms with Gasteiger partial charge in [-0.25, -0.2) is 0 Å². The molecule has 0 saturated carbocycles. The highest BCUT2D eigenvalue weighted by Crippen LogP contribution is 2.14. The number of carboxylic acid groups (broad SMARTS) is 1. The Balaban J connectivity index is 4.64. The standard InChI is InChI=1S/C8H11F3N2O4S/c1-13(2-5(14)15)6(16)4(3-18)12-7(17)8(9,10)11/h4,18H,2-3H2,1H3,(H,12,17)(H,14,15)/t4-/m0/s1. The van der Waals surface area contributed by atoms with Gasteiger partial charge in [0.25, 0.3) is 0 Å². The molecule has 0 aromatic rings. The average molecular weight is 288 g/mol. The summed E-state index contributed by atoms with van der Waals surface area (Å²) in [6.45, 7) is -0.689. The fourth-order valence-corrected chi connectivity index (χ4v) is 1.22. The lowest BCUT2D eigenvalue weighted by Gasteiger charge is -2.22. The molecule has 0 radical (unpaired) electrons.